The van der Waals surface area contributed by atoms with Crippen molar-refractivity contribution in [3.8, 4) is 0 Å². The number of benzene rings is 1. The van der Waals surface area contributed by atoms with Gasteiger partial charge in [0.15, 0.2) is 0 Å². The number of non-ortho nitro benzene ring substituents is 1. The number of esters is 1. The van der Waals surface area contributed by atoms with Crippen molar-refractivity contribution < 1.29 is 24.0 Å². The molecule has 34 heavy (non-hydrogen) atoms. The summed E-state index contributed by atoms with van der Waals surface area (Å²) in [6, 6.07) is 5.96. The van der Waals surface area contributed by atoms with E-state index in [1.54, 1.807) is 13.0 Å². The lowest BCUT2D eigenvalue weighted by Gasteiger charge is -2.41. The SMILES string of the molecule is CCOC(=O)C1=C(COCCN=[N+]=[N-])N=C2CC(C)(C)CC(=O)C2C1c1cccc([N+](=O)[O-])c1. The number of carbonyl (C=O) groups excluding carboxylic acids is 2. The Kier molecular flexibility index (Phi) is 7.80. The number of ketones is 1. The zero-order valence-electron chi connectivity index (χ0n) is 19.4. The highest BCUT2D eigenvalue weighted by atomic mass is 16.6. The van der Waals surface area contributed by atoms with Crippen molar-refractivity contribution in [2.75, 3.05) is 26.4 Å². The van der Waals surface area contributed by atoms with E-state index < -0.39 is 22.7 Å². The zero-order valence-corrected chi connectivity index (χ0v) is 19.4. The second-order valence-electron chi connectivity index (χ2n) is 8.98. The van der Waals surface area contributed by atoms with E-state index >= 15 is 0 Å². The van der Waals surface area contributed by atoms with Crippen molar-refractivity contribution in [3.63, 3.8) is 0 Å². The monoisotopic (exact) mass is 469 g/mol. The Morgan fingerprint density at radius 2 is 2.12 bits per heavy atom. The maximum absolute atomic E-state index is 13.3. The van der Waals surface area contributed by atoms with Crippen LogP contribution >= 0.6 is 0 Å². The van der Waals surface area contributed by atoms with Gasteiger partial charge in [-0.1, -0.05) is 31.1 Å². The lowest BCUT2D eigenvalue weighted by molar-refractivity contribution is -0.384. The van der Waals surface area contributed by atoms with Crippen molar-refractivity contribution in [1.29, 1.82) is 0 Å². The molecule has 2 atom stereocenters. The standard InChI is InChI=1S/C23H27N5O6/c1-4-34-22(30)21-17(13-33-9-8-25-27-24)26-16-11-23(2,3)12-18(29)20(16)19(21)14-6-5-7-15(10-14)28(31)32/h5-7,10,19-20H,4,8-9,11-13H2,1-3H3. The highest BCUT2D eigenvalue weighted by Gasteiger charge is 2.48. The van der Waals surface area contributed by atoms with E-state index in [-0.39, 0.29) is 48.8 Å². The largest absolute Gasteiger partial charge is 0.463 e. The molecule has 0 radical (unpaired) electrons. The molecule has 0 bridgehead atoms. The van der Waals surface area contributed by atoms with Crippen molar-refractivity contribution in [2.45, 2.75) is 39.5 Å². The van der Waals surface area contributed by atoms with Gasteiger partial charge in [0.05, 0.1) is 41.9 Å². The molecule has 1 fully saturated rings. The molecule has 0 N–H and O–H groups in total. The first-order valence-corrected chi connectivity index (χ1v) is 11.0. The molecular weight excluding hydrogens is 442 g/mol. The number of carbonyl (C=O) groups is 2. The van der Waals surface area contributed by atoms with Gasteiger partial charge in [-0.2, -0.15) is 0 Å². The predicted molar refractivity (Wildman–Crippen MR) is 123 cm³/mol. The van der Waals surface area contributed by atoms with Crippen LogP contribution in [-0.2, 0) is 19.1 Å². The molecule has 1 aliphatic heterocycles. The molecule has 3 rings (SSSR count). The van der Waals surface area contributed by atoms with Gasteiger partial charge in [0.25, 0.3) is 5.69 Å². The summed E-state index contributed by atoms with van der Waals surface area (Å²) in [5.41, 5.74) is 9.56. The smallest absolute Gasteiger partial charge is 0.336 e. The lowest BCUT2D eigenvalue weighted by atomic mass is 9.63. The number of ether oxygens (including phenoxy) is 2. The fraction of sp³-hybridized carbons (Fsp3) is 0.522. The van der Waals surface area contributed by atoms with Gasteiger partial charge in [0.2, 0.25) is 0 Å². The van der Waals surface area contributed by atoms with Gasteiger partial charge in [-0.25, -0.2) is 4.79 Å². The zero-order chi connectivity index (χ0) is 24.9. The highest BCUT2D eigenvalue weighted by molar-refractivity contribution is 6.12. The third kappa shape index (κ3) is 5.49. The molecule has 11 heteroatoms. The van der Waals surface area contributed by atoms with Gasteiger partial charge in [0, 0.05) is 41.6 Å². The Morgan fingerprint density at radius 1 is 1.35 bits per heavy atom. The fourth-order valence-corrected chi connectivity index (χ4v) is 4.57. The van der Waals surface area contributed by atoms with Crippen LogP contribution < -0.4 is 0 Å². The van der Waals surface area contributed by atoms with Crippen LogP contribution in [0.1, 0.15) is 45.1 Å². The Labute approximate surface area is 196 Å². The molecule has 1 aromatic rings. The van der Waals surface area contributed by atoms with E-state index in [0.29, 0.717) is 29.8 Å². The molecule has 0 amide bonds. The van der Waals surface area contributed by atoms with Gasteiger partial charge in [0.1, 0.15) is 5.78 Å². The maximum Gasteiger partial charge on any atom is 0.336 e. The van der Waals surface area contributed by atoms with Crippen LogP contribution in [0.5, 0.6) is 0 Å². The fourth-order valence-electron chi connectivity index (χ4n) is 4.57. The number of nitro groups is 1. The van der Waals surface area contributed by atoms with Crippen molar-refractivity contribution in [2.24, 2.45) is 21.4 Å². The first-order chi connectivity index (χ1) is 16.2. The Morgan fingerprint density at radius 3 is 2.79 bits per heavy atom. The van der Waals surface area contributed by atoms with Gasteiger partial charge in [-0.3, -0.25) is 19.9 Å². The lowest BCUT2D eigenvalue weighted by Crippen LogP contribution is -2.44. The molecule has 0 aromatic heterocycles. The van der Waals surface area contributed by atoms with E-state index in [9.17, 15) is 19.7 Å². The number of rotatable bonds is 9. The van der Waals surface area contributed by atoms with Crippen molar-refractivity contribution >= 4 is 23.2 Å². The summed E-state index contributed by atoms with van der Waals surface area (Å²) < 4.78 is 10.9. The van der Waals surface area contributed by atoms with Crippen LogP contribution in [0.3, 0.4) is 0 Å². The quantitative estimate of drug-likeness (QED) is 0.0998. The molecule has 1 heterocycles. The van der Waals surface area contributed by atoms with Crippen molar-refractivity contribution in [3.05, 3.63) is 61.7 Å². The maximum atomic E-state index is 13.3. The minimum absolute atomic E-state index is 0.0641. The van der Waals surface area contributed by atoms with Crippen LogP contribution in [0.25, 0.3) is 10.4 Å². The van der Waals surface area contributed by atoms with E-state index in [1.807, 2.05) is 13.8 Å². The predicted octanol–water partition coefficient (Wildman–Crippen LogP) is 4.28. The molecule has 2 unspecified atom stereocenters. The number of hydrogen-bond acceptors (Lipinski definition) is 8. The molecule has 11 nitrogen and oxygen atoms in total. The minimum atomic E-state index is -0.786. The topological polar surface area (TPSA) is 157 Å². The molecule has 1 aromatic carbocycles. The van der Waals surface area contributed by atoms with Crippen molar-refractivity contribution in [1.82, 2.24) is 0 Å². The van der Waals surface area contributed by atoms with E-state index in [1.165, 1.54) is 18.2 Å². The van der Waals surface area contributed by atoms with E-state index in [4.69, 9.17) is 20.0 Å². The van der Waals surface area contributed by atoms with Gasteiger partial charge < -0.3 is 9.47 Å². The normalized spacial score (nSPS) is 21.3. The van der Waals surface area contributed by atoms with E-state index in [0.717, 1.165) is 0 Å². The number of nitro benzene ring substituents is 1. The number of azide groups is 1. The average molecular weight is 469 g/mol. The summed E-state index contributed by atoms with van der Waals surface area (Å²) in [4.78, 5) is 44.8. The summed E-state index contributed by atoms with van der Waals surface area (Å²) in [6.07, 6.45) is 0.837. The third-order valence-corrected chi connectivity index (χ3v) is 5.83. The molecule has 1 saturated carbocycles. The van der Waals surface area contributed by atoms with Crippen LogP contribution in [-0.4, -0.2) is 48.8 Å². The number of nitrogens with zero attached hydrogens (tertiary/aromatic N) is 5. The second-order valence-corrected chi connectivity index (χ2v) is 8.98. The first-order valence-electron chi connectivity index (χ1n) is 11.0. The summed E-state index contributed by atoms with van der Waals surface area (Å²) in [5, 5.41) is 14.9. The first kappa shape index (κ1) is 25.1. The van der Waals surface area contributed by atoms with Crippen LogP contribution in [0.15, 0.2) is 45.6 Å². The molecule has 1 aliphatic carbocycles. The minimum Gasteiger partial charge on any atom is -0.463 e. The van der Waals surface area contributed by atoms with Crippen LogP contribution in [0, 0.1) is 21.4 Å². The third-order valence-electron chi connectivity index (χ3n) is 5.83. The number of hydrogen-bond donors (Lipinski definition) is 0. The summed E-state index contributed by atoms with van der Waals surface area (Å²) >= 11 is 0. The number of fused-ring (bicyclic) bond motifs is 1. The van der Waals surface area contributed by atoms with E-state index in [2.05, 4.69) is 10.0 Å². The number of Topliss-reactive ketones (excluding diaryl/α,β-unsaturated/α-hetero) is 1. The summed E-state index contributed by atoms with van der Waals surface area (Å²) in [6.45, 7) is 5.89. The average Bonchev–Trinajstić information content (AvgIpc) is 2.77. The Balaban J connectivity index is 2.16. The van der Waals surface area contributed by atoms with Gasteiger partial charge in [-0.15, -0.1) is 0 Å². The highest BCUT2D eigenvalue weighted by Crippen LogP contribution is 2.47. The molecular formula is C23H27N5O6. The number of aliphatic imine (C=N–C) groups is 1. The Hall–Kier alpha value is -3.56. The molecule has 0 spiro atoms. The van der Waals surface area contributed by atoms with Crippen LogP contribution in [0.2, 0.25) is 0 Å². The second kappa shape index (κ2) is 10.6. The molecule has 180 valence electrons. The molecule has 0 saturated heterocycles. The Bertz CT molecular complexity index is 1100. The summed E-state index contributed by atoms with van der Waals surface area (Å²) in [5.74, 6) is -2.23. The van der Waals surface area contributed by atoms with Crippen LogP contribution in [0.4, 0.5) is 5.69 Å². The summed E-state index contributed by atoms with van der Waals surface area (Å²) in [7, 11) is 0. The van der Waals surface area contributed by atoms with Gasteiger partial charge >= 0.3 is 5.97 Å². The molecule has 2 aliphatic rings. The van der Waals surface area contributed by atoms with Gasteiger partial charge in [-0.05, 0) is 29.9 Å².